The quantitative estimate of drug-likeness (QED) is 0.199. The number of fused-ring (bicyclic) bond motifs is 1. The molecule has 3 aromatic carbocycles. The monoisotopic (exact) mass is 696 g/mol. The molecule has 13 heteroatoms. The van der Waals surface area contributed by atoms with E-state index in [9.17, 15) is 19.2 Å². The zero-order valence-electron chi connectivity index (χ0n) is 28.2. The summed E-state index contributed by atoms with van der Waals surface area (Å²) in [6.07, 6.45) is -2.12. The normalized spacial score (nSPS) is 15.5. The third-order valence-corrected chi connectivity index (χ3v) is 8.17. The van der Waals surface area contributed by atoms with Crippen LogP contribution < -0.4 is 29.2 Å². The minimum atomic E-state index is -1.30. The molecule has 2 amide bonds. The fraction of sp³-hybridized carbons (Fsp3) is 0.389. The molecular weight excluding hydrogens is 656 g/mol. The number of amides is 2. The van der Waals surface area contributed by atoms with E-state index in [1.807, 2.05) is 0 Å². The van der Waals surface area contributed by atoms with E-state index in [-0.39, 0.29) is 44.3 Å². The number of esters is 1. The third-order valence-electron chi connectivity index (χ3n) is 7.94. The molecule has 0 unspecified atom stereocenters. The molecule has 1 aliphatic rings. The standard InChI is InChI=1S/C36H41ClN2O10/c1-6-48-33(42)12-7-9-24(40)20-38-32(41)19-31-36(43)39(21-22-13-15-25(44-2)18-30(22)46-4)28-16-14-23(37)17-27(28)34(49-31)26-10-8-11-29(45-3)35(26)47-5/h8,10-11,13-18,31,34H,6-7,9,12,19-21H2,1-5H3,(H,38,41)/t31-,34-/m0/s1. The lowest BCUT2D eigenvalue weighted by molar-refractivity contribution is -0.143. The number of ketones is 1. The molecule has 49 heavy (non-hydrogen) atoms. The number of hydrogen-bond donors (Lipinski definition) is 1. The Bertz CT molecular complexity index is 1660. The molecule has 0 aliphatic carbocycles. The van der Waals surface area contributed by atoms with Crippen molar-refractivity contribution in [1.82, 2.24) is 5.32 Å². The number of hydrogen-bond acceptors (Lipinski definition) is 10. The van der Waals surface area contributed by atoms with Gasteiger partial charge in [0.2, 0.25) is 5.91 Å². The second-order valence-corrected chi connectivity index (χ2v) is 11.5. The molecule has 262 valence electrons. The van der Waals surface area contributed by atoms with Crippen LogP contribution in [0.4, 0.5) is 5.69 Å². The highest BCUT2D eigenvalue weighted by Gasteiger charge is 2.39. The predicted molar refractivity (Wildman–Crippen MR) is 182 cm³/mol. The van der Waals surface area contributed by atoms with Crippen LogP contribution in [0.15, 0.2) is 54.6 Å². The lowest BCUT2D eigenvalue weighted by Crippen LogP contribution is -2.42. The Kier molecular flexibility index (Phi) is 13.3. The number of nitrogens with one attached hydrogen (secondary N) is 1. The van der Waals surface area contributed by atoms with Gasteiger partial charge in [-0.1, -0.05) is 23.7 Å². The summed E-state index contributed by atoms with van der Waals surface area (Å²) in [7, 11) is 6.08. The van der Waals surface area contributed by atoms with Gasteiger partial charge in [-0.2, -0.15) is 0 Å². The number of carbonyl (C=O) groups excluding carboxylic acids is 4. The maximum Gasteiger partial charge on any atom is 0.305 e. The number of anilines is 1. The van der Waals surface area contributed by atoms with Crippen molar-refractivity contribution in [3.8, 4) is 23.0 Å². The zero-order valence-corrected chi connectivity index (χ0v) is 29.0. The van der Waals surface area contributed by atoms with Crippen molar-refractivity contribution >= 4 is 40.9 Å². The van der Waals surface area contributed by atoms with E-state index in [0.717, 1.165) is 0 Å². The summed E-state index contributed by atoms with van der Waals surface area (Å²) in [6, 6.07) is 15.7. The summed E-state index contributed by atoms with van der Waals surface area (Å²) in [4.78, 5) is 53.3. The van der Waals surface area contributed by atoms with Crippen LogP contribution in [0.1, 0.15) is 55.4 Å². The van der Waals surface area contributed by atoms with E-state index in [1.54, 1.807) is 68.6 Å². The van der Waals surface area contributed by atoms with Crippen LogP contribution in [0.5, 0.6) is 23.0 Å². The molecule has 1 heterocycles. The molecular formula is C36H41ClN2O10. The Hall–Kier alpha value is -4.81. The van der Waals surface area contributed by atoms with Crippen LogP contribution in [-0.4, -0.2) is 71.3 Å². The van der Waals surface area contributed by atoms with Gasteiger partial charge in [-0.3, -0.25) is 19.2 Å². The van der Waals surface area contributed by atoms with Gasteiger partial charge in [0, 0.05) is 40.6 Å². The fourth-order valence-electron chi connectivity index (χ4n) is 5.57. The summed E-state index contributed by atoms with van der Waals surface area (Å²) in [6.45, 7) is 1.76. The first-order valence-corrected chi connectivity index (χ1v) is 16.1. The highest BCUT2D eigenvalue weighted by atomic mass is 35.5. The lowest BCUT2D eigenvalue weighted by atomic mass is 9.97. The van der Waals surface area contributed by atoms with E-state index < -0.39 is 30.4 Å². The zero-order chi connectivity index (χ0) is 35.5. The molecule has 0 fully saturated rings. The van der Waals surface area contributed by atoms with Gasteiger partial charge in [0.1, 0.15) is 23.7 Å². The maximum atomic E-state index is 14.5. The van der Waals surface area contributed by atoms with Crippen molar-refractivity contribution in [1.29, 1.82) is 0 Å². The molecule has 0 saturated heterocycles. The summed E-state index contributed by atoms with van der Waals surface area (Å²) in [5.41, 5.74) is 2.28. The average Bonchev–Trinajstić information content (AvgIpc) is 3.20. The van der Waals surface area contributed by atoms with Crippen LogP contribution in [-0.2, 0) is 35.2 Å². The molecule has 3 aromatic rings. The molecule has 1 aliphatic heterocycles. The van der Waals surface area contributed by atoms with E-state index in [4.69, 9.17) is 40.0 Å². The second kappa shape index (κ2) is 17.5. The van der Waals surface area contributed by atoms with Crippen LogP contribution >= 0.6 is 11.6 Å². The number of Topliss-reactive ketones (excluding diaryl/α,β-unsaturated/α-hetero) is 1. The Morgan fingerprint density at radius 2 is 1.67 bits per heavy atom. The fourth-order valence-corrected chi connectivity index (χ4v) is 5.75. The van der Waals surface area contributed by atoms with Crippen LogP contribution in [0, 0.1) is 0 Å². The Morgan fingerprint density at radius 3 is 2.37 bits per heavy atom. The van der Waals surface area contributed by atoms with Gasteiger partial charge in [0.05, 0.1) is 60.2 Å². The third kappa shape index (κ3) is 9.21. The molecule has 0 aromatic heterocycles. The number of nitrogens with zero attached hydrogens (tertiary/aromatic N) is 1. The highest BCUT2D eigenvalue weighted by Crippen LogP contribution is 2.45. The average molecular weight is 697 g/mol. The van der Waals surface area contributed by atoms with Crippen LogP contribution in [0.25, 0.3) is 0 Å². The smallest absolute Gasteiger partial charge is 0.305 e. The van der Waals surface area contributed by atoms with Gasteiger partial charge in [-0.05, 0) is 49.7 Å². The highest BCUT2D eigenvalue weighted by molar-refractivity contribution is 6.30. The molecule has 1 N–H and O–H groups in total. The van der Waals surface area contributed by atoms with E-state index >= 15 is 0 Å². The predicted octanol–water partition coefficient (Wildman–Crippen LogP) is 5.20. The number of carbonyl (C=O) groups is 4. The number of ether oxygens (including phenoxy) is 6. The van der Waals surface area contributed by atoms with Crippen molar-refractivity contribution < 1.29 is 47.6 Å². The summed E-state index contributed by atoms with van der Waals surface area (Å²) >= 11 is 6.53. The first-order valence-electron chi connectivity index (χ1n) is 15.8. The number of halogens is 1. The first kappa shape index (κ1) is 37.0. The van der Waals surface area contributed by atoms with Crippen molar-refractivity contribution in [2.24, 2.45) is 0 Å². The second-order valence-electron chi connectivity index (χ2n) is 11.1. The van der Waals surface area contributed by atoms with Crippen LogP contribution in [0.2, 0.25) is 5.02 Å². The molecule has 0 radical (unpaired) electrons. The van der Waals surface area contributed by atoms with E-state index in [1.165, 1.54) is 26.2 Å². The molecule has 12 nitrogen and oxygen atoms in total. The Balaban J connectivity index is 1.69. The van der Waals surface area contributed by atoms with Crippen molar-refractivity contribution in [2.45, 2.75) is 51.4 Å². The number of methoxy groups -OCH3 is 4. The molecule has 0 spiro atoms. The first-order chi connectivity index (χ1) is 23.6. The maximum absolute atomic E-state index is 14.5. The van der Waals surface area contributed by atoms with Crippen molar-refractivity contribution in [2.75, 3.05) is 46.5 Å². The minimum Gasteiger partial charge on any atom is -0.497 e. The lowest BCUT2D eigenvalue weighted by Gasteiger charge is -2.26. The number of para-hydroxylation sites is 1. The van der Waals surface area contributed by atoms with Crippen LogP contribution in [0.3, 0.4) is 0 Å². The topological polar surface area (TPSA) is 139 Å². The number of benzene rings is 3. The van der Waals surface area contributed by atoms with Gasteiger partial charge in [0.25, 0.3) is 5.91 Å². The Morgan fingerprint density at radius 1 is 0.898 bits per heavy atom. The van der Waals surface area contributed by atoms with E-state index in [0.29, 0.717) is 56.8 Å². The van der Waals surface area contributed by atoms with Crippen molar-refractivity contribution in [3.63, 3.8) is 0 Å². The molecule has 4 rings (SSSR count). The van der Waals surface area contributed by atoms with Gasteiger partial charge in [-0.25, -0.2) is 0 Å². The van der Waals surface area contributed by atoms with Gasteiger partial charge in [0.15, 0.2) is 17.3 Å². The van der Waals surface area contributed by atoms with E-state index in [2.05, 4.69) is 5.32 Å². The molecule has 2 atom stereocenters. The minimum absolute atomic E-state index is 0.0586. The van der Waals surface area contributed by atoms with Gasteiger partial charge < -0.3 is 38.6 Å². The number of rotatable bonds is 16. The summed E-state index contributed by atoms with van der Waals surface area (Å²) < 4.78 is 33.7. The van der Waals surface area contributed by atoms with Gasteiger partial charge in [-0.15, -0.1) is 0 Å². The SMILES string of the molecule is CCOC(=O)CCCC(=O)CNC(=O)C[C@@H]1O[C@@H](c2cccc(OC)c2OC)c2cc(Cl)ccc2N(Cc2ccc(OC)cc2OC)C1=O. The largest absolute Gasteiger partial charge is 0.497 e. The molecule has 0 saturated carbocycles. The van der Waals surface area contributed by atoms with Crippen molar-refractivity contribution in [3.05, 3.63) is 76.3 Å². The molecule has 0 bridgehead atoms. The summed E-state index contributed by atoms with van der Waals surface area (Å²) in [5.74, 6) is 0.183. The Labute approximate surface area is 290 Å². The summed E-state index contributed by atoms with van der Waals surface area (Å²) in [5, 5.41) is 3.00. The van der Waals surface area contributed by atoms with Gasteiger partial charge >= 0.3 is 5.97 Å².